The molecule has 34 heavy (non-hydrogen) atoms. The lowest BCUT2D eigenvalue weighted by Gasteiger charge is -2.32. The molecule has 0 bridgehead atoms. The molecule has 4 heterocycles. The summed E-state index contributed by atoms with van der Waals surface area (Å²) in [4.78, 5) is 11.3. The number of ether oxygens (including phenoxy) is 1. The van der Waals surface area contributed by atoms with Gasteiger partial charge in [0.05, 0.1) is 24.9 Å². The van der Waals surface area contributed by atoms with Gasteiger partial charge in [-0.1, -0.05) is 36.4 Å². The van der Waals surface area contributed by atoms with Crippen LogP contribution in [0.15, 0.2) is 79.4 Å². The Kier molecular flexibility index (Phi) is 6.93. The van der Waals surface area contributed by atoms with E-state index in [0.29, 0.717) is 6.54 Å². The molecule has 0 spiro atoms. The second-order valence-corrected chi connectivity index (χ2v) is 8.68. The van der Waals surface area contributed by atoms with Crippen LogP contribution in [0.25, 0.3) is 11.3 Å². The number of hydrogen-bond acceptors (Lipinski definition) is 6. The Morgan fingerprint density at radius 1 is 1.00 bits per heavy atom. The maximum absolute atomic E-state index is 5.63. The topological polar surface area (TPSA) is 68.1 Å². The van der Waals surface area contributed by atoms with Crippen molar-refractivity contribution in [3.8, 4) is 11.3 Å². The normalized spacial score (nSPS) is 16.0. The van der Waals surface area contributed by atoms with Gasteiger partial charge >= 0.3 is 0 Å². The Bertz CT molecular complexity index is 1180. The summed E-state index contributed by atoms with van der Waals surface area (Å²) in [6, 6.07) is 18.7. The summed E-state index contributed by atoms with van der Waals surface area (Å²) in [7, 11) is 0. The third-order valence-corrected chi connectivity index (χ3v) is 5.98. The van der Waals surface area contributed by atoms with E-state index >= 15 is 0 Å². The number of nitrogens with one attached hydrogen (secondary N) is 1. The molecule has 3 aromatic heterocycles. The van der Waals surface area contributed by atoms with Crippen molar-refractivity contribution in [1.82, 2.24) is 25.1 Å². The summed E-state index contributed by atoms with van der Waals surface area (Å²) in [6.07, 6.45) is 7.99. The fourth-order valence-corrected chi connectivity index (χ4v) is 4.27. The molecule has 1 N–H and O–H groups in total. The number of hydrogen-bond donors (Lipinski definition) is 1. The molecule has 1 aliphatic rings. The molecule has 7 nitrogen and oxygen atoms in total. The summed E-state index contributed by atoms with van der Waals surface area (Å²) in [5, 5.41) is 8.44. The van der Waals surface area contributed by atoms with Gasteiger partial charge < -0.3 is 15.0 Å². The minimum atomic E-state index is 0.244. The molecule has 1 aliphatic heterocycles. The van der Waals surface area contributed by atoms with Crippen molar-refractivity contribution < 1.29 is 4.74 Å². The van der Waals surface area contributed by atoms with Gasteiger partial charge in [-0.3, -0.25) is 9.67 Å². The first-order chi connectivity index (χ1) is 16.7. The summed E-state index contributed by atoms with van der Waals surface area (Å²) < 4.78 is 7.64. The number of anilines is 1. The van der Waals surface area contributed by atoms with Gasteiger partial charge in [0.1, 0.15) is 5.82 Å². The quantitative estimate of drug-likeness (QED) is 0.436. The second kappa shape index (κ2) is 10.6. The molecule has 5 rings (SSSR count). The van der Waals surface area contributed by atoms with Crippen molar-refractivity contribution in [3.63, 3.8) is 0 Å². The van der Waals surface area contributed by atoms with E-state index in [0.717, 1.165) is 61.0 Å². The van der Waals surface area contributed by atoms with Crippen LogP contribution < -0.4 is 10.2 Å². The minimum Gasteiger partial charge on any atom is -0.375 e. The van der Waals surface area contributed by atoms with Gasteiger partial charge in [0, 0.05) is 62.1 Å². The second-order valence-electron chi connectivity index (χ2n) is 8.68. The van der Waals surface area contributed by atoms with Crippen molar-refractivity contribution in [1.29, 1.82) is 0 Å². The number of nitrogens with zero attached hydrogens (tertiary/aromatic N) is 5. The summed E-state index contributed by atoms with van der Waals surface area (Å²) in [5.74, 6) is 1.01. The zero-order chi connectivity index (χ0) is 23.2. The predicted octanol–water partition coefficient (Wildman–Crippen LogP) is 3.90. The smallest absolute Gasteiger partial charge is 0.128 e. The fraction of sp³-hybridized carbons (Fsp3) is 0.296. The third kappa shape index (κ3) is 5.50. The molecule has 0 aliphatic carbocycles. The maximum Gasteiger partial charge on any atom is 0.128 e. The highest BCUT2D eigenvalue weighted by atomic mass is 16.5. The number of aromatic nitrogens is 4. The third-order valence-electron chi connectivity index (χ3n) is 5.98. The highest BCUT2D eigenvalue weighted by molar-refractivity contribution is 5.61. The molecule has 1 atom stereocenters. The summed E-state index contributed by atoms with van der Waals surface area (Å²) in [5.41, 5.74) is 5.52. The molecule has 0 radical (unpaired) electrons. The average molecular weight is 455 g/mol. The van der Waals surface area contributed by atoms with E-state index < -0.39 is 0 Å². The van der Waals surface area contributed by atoms with E-state index in [1.165, 1.54) is 5.56 Å². The van der Waals surface area contributed by atoms with E-state index in [-0.39, 0.29) is 6.10 Å². The van der Waals surface area contributed by atoms with Crippen molar-refractivity contribution in [3.05, 3.63) is 96.1 Å². The van der Waals surface area contributed by atoms with Gasteiger partial charge in [-0.25, -0.2) is 4.98 Å². The predicted molar refractivity (Wildman–Crippen MR) is 133 cm³/mol. The molecule has 1 saturated heterocycles. The highest BCUT2D eigenvalue weighted by Crippen LogP contribution is 2.22. The van der Waals surface area contributed by atoms with Crippen LogP contribution in [0.4, 0.5) is 5.82 Å². The van der Waals surface area contributed by atoms with Crippen LogP contribution in [-0.2, 0) is 24.4 Å². The van der Waals surface area contributed by atoms with E-state index in [9.17, 15) is 0 Å². The van der Waals surface area contributed by atoms with Gasteiger partial charge in [-0.15, -0.1) is 0 Å². The first kappa shape index (κ1) is 22.3. The van der Waals surface area contributed by atoms with Crippen LogP contribution in [0, 0.1) is 0 Å². The molecule has 0 saturated carbocycles. The minimum absolute atomic E-state index is 0.244. The van der Waals surface area contributed by atoms with Crippen LogP contribution in [0.1, 0.15) is 23.6 Å². The zero-order valence-electron chi connectivity index (χ0n) is 19.5. The van der Waals surface area contributed by atoms with Crippen LogP contribution >= 0.6 is 0 Å². The molecule has 174 valence electrons. The van der Waals surface area contributed by atoms with E-state index in [1.54, 1.807) is 6.20 Å². The molecule has 4 aromatic rings. The van der Waals surface area contributed by atoms with Crippen molar-refractivity contribution in [2.75, 3.05) is 24.6 Å². The van der Waals surface area contributed by atoms with E-state index in [4.69, 9.17) is 9.84 Å². The van der Waals surface area contributed by atoms with Crippen LogP contribution in [0.5, 0.6) is 0 Å². The average Bonchev–Trinajstić information content (AvgIpc) is 3.28. The van der Waals surface area contributed by atoms with Gasteiger partial charge in [0.2, 0.25) is 0 Å². The first-order valence-corrected chi connectivity index (χ1v) is 11.8. The number of pyridine rings is 2. The Morgan fingerprint density at radius 2 is 1.91 bits per heavy atom. The van der Waals surface area contributed by atoms with Crippen molar-refractivity contribution in [2.45, 2.75) is 32.7 Å². The Balaban J connectivity index is 1.25. The molecule has 0 amide bonds. The van der Waals surface area contributed by atoms with Gasteiger partial charge in [0.15, 0.2) is 0 Å². The number of benzene rings is 1. The monoisotopic (exact) mass is 454 g/mol. The van der Waals surface area contributed by atoms with Crippen LogP contribution in [0.2, 0.25) is 0 Å². The van der Waals surface area contributed by atoms with E-state index in [2.05, 4.69) is 75.8 Å². The largest absolute Gasteiger partial charge is 0.375 e. The standard InChI is InChI=1S/C27H30N6O/c1-21-18-32(12-13-34-21)26-10-9-23(15-30-26)14-29-17-25-20-33(19-22-6-3-2-4-7-22)31-27(25)24-8-5-11-28-16-24/h2-11,15-16,20-21,29H,12-14,17-19H2,1H3. The Hall–Kier alpha value is -3.55. The van der Waals surface area contributed by atoms with Crippen molar-refractivity contribution >= 4 is 5.82 Å². The zero-order valence-corrected chi connectivity index (χ0v) is 19.5. The molecule has 1 unspecified atom stereocenters. The van der Waals surface area contributed by atoms with Gasteiger partial charge in [-0.05, 0) is 36.2 Å². The SMILES string of the molecule is CC1CN(c2ccc(CNCc3cn(Cc4ccccc4)nc3-c3cccnc3)cn2)CCO1. The van der Waals surface area contributed by atoms with Crippen LogP contribution in [-0.4, -0.2) is 45.5 Å². The maximum atomic E-state index is 5.63. The fourth-order valence-electron chi connectivity index (χ4n) is 4.27. The molecule has 1 fully saturated rings. The lowest BCUT2D eigenvalue weighted by molar-refractivity contribution is 0.0529. The summed E-state index contributed by atoms with van der Waals surface area (Å²) in [6.45, 7) is 6.81. The molecular weight excluding hydrogens is 424 g/mol. The number of rotatable bonds is 8. The van der Waals surface area contributed by atoms with Crippen LogP contribution in [0.3, 0.4) is 0 Å². The molecular formula is C27H30N6O. The van der Waals surface area contributed by atoms with Crippen molar-refractivity contribution in [2.24, 2.45) is 0 Å². The molecule has 7 heteroatoms. The lowest BCUT2D eigenvalue weighted by atomic mass is 10.1. The Morgan fingerprint density at radius 3 is 2.68 bits per heavy atom. The Labute approximate surface area is 200 Å². The van der Waals surface area contributed by atoms with E-state index in [1.807, 2.05) is 29.2 Å². The first-order valence-electron chi connectivity index (χ1n) is 11.8. The number of morpholine rings is 1. The summed E-state index contributed by atoms with van der Waals surface area (Å²) >= 11 is 0. The van der Waals surface area contributed by atoms with Gasteiger partial charge in [0.25, 0.3) is 0 Å². The molecule has 1 aromatic carbocycles. The van der Waals surface area contributed by atoms with Gasteiger partial charge in [-0.2, -0.15) is 5.10 Å². The highest BCUT2D eigenvalue weighted by Gasteiger charge is 2.17. The lowest BCUT2D eigenvalue weighted by Crippen LogP contribution is -2.41.